The Balaban J connectivity index is 2.59. The lowest BCUT2D eigenvalue weighted by Gasteiger charge is -2.14. The maximum absolute atomic E-state index is 5.97. The van der Waals surface area contributed by atoms with E-state index in [1.165, 1.54) is 0 Å². The molecule has 2 rings (SSSR count). The van der Waals surface area contributed by atoms with Crippen LogP contribution in [0.25, 0.3) is 11.1 Å². The quantitative estimate of drug-likeness (QED) is 0.794. The van der Waals surface area contributed by atoms with Gasteiger partial charge in [0.1, 0.15) is 5.75 Å². The van der Waals surface area contributed by atoms with Crippen molar-refractivity contribution in [2.45, 2.75) is 6.92 Å². The zero-order valence-corrected chi connectivity index (χ0v) is 9.81. The number of nitrogens with two attached hydrogens (primary N) is 2. The number of rotatable bonds is 3. The van der Waals surface area contributed by atoms with Gasteiger partial charge >= 0.3 is 0 Å². The molecule has 0 fully saturated rings. The van der Waals surface area contributed by atoms with E-state index in [9.17, 15) is 0 Å². The molecule has 3 nitrogen and oxygen atoms in total. The van der Waals surface area contributed by atoms with Crippen LogP contribution in [0.15, 0.2) is 42.5 Å². The van der Waals surface area contributed by atoms with Crippen LogP contribution in [0, 0.1) is 0 Å². The smallest absolute Gasteiger partial charge is 0.150 e. The zero-order chi connectivity index (χ0) is 12.3. The fourth-order valence-corrected chi connectivity index (χ4v) is 1.81. The SMILES string of the molecule is CCOc1c(N)cccc1-c1ccccc1N. The summed E-state index contributed by atoms with van der Waals surface area (Å²) >= 11 is 0. The van der Waals surface area contributed by atoms with Crippen molar-refractivity contribution in [3.8, 4) is 16.9 Å². The molecule has 2 aromatic carbocycles. The first kappa shape index (κ1) is 11.3. The van der Waals surface area contributed by atoms with Gasteiger partial charge in [-0.25, -0.2) is 0 Å². The first-order valence-corrected chi connectivity index (χ1v) is 5.60. The molecule has 0 amide bonds. The molecule has 0 unspecified atom stereocenters. The van der Waals surface area contributed by atoms with Crippen molar-refractivity contribution in [3.05, 3.63) is 42.5 Å². The third-order valence-electron chi connectivity index (χ3n) is 2.59. The van der Waals surface area contributed by atoms with E-state index >= 15 is 0 Å². The summed E-state index contributed by atoms with van der Waals surface area (Å²) < 4.78 is 5.60. The number of anilines is 2. The van der Waals surface area contributed by atoms with Crippen LogP contribution in [0.2, 0.25) is 0 Å². The van der Waals surface area contributed by atoms with E-state index in [1.807, 2.05) is 49.4 Å². The first-order valence-electron chi connectivity index (χ1n) is 5.60. The third kappa shape index (κ3) is 2.18. The standard InChI is InChI=1S/C14H16N2O/c1-2-17-14-11(7-5-9-13(14)16)10-6-3-4-8-12(10)15/h3-9H,2,15-16H2,1H3. The molecule has 0 aromatic heterocycles. The lowest BCUT2D eigenvalue weighted by Crippen LogP contribution is -2.00. The van der Waals surface area contributed by atoms with Crippen LogP contribution in [0.5, 0.6) is 5.75 Å². The van der Waals surface area contributed by atoms with Crippen molar-refractivity contribution < 1.29 is 4.74 Å². The Morgan fingerprint density at radius 1 is 0.882 bits per heavy atom. The number of ether oxygens (including phenoxy) is 1. The topological polar surface area (TPSA) is 61.3 Å². The van der Waals surface area contributed by atoms with Crippen molar-refractivity contribution >= 4 is 11.4 Å². The molecule has 4 N–H and O–H groups in total. The average Bonchev–Trinajstić information content (AvgIpc) is 2.33. The molecule has 0 heterocycles. The highest BCUT2D eigenvalue weighted by Gasteiger charge is 2.11. The Morgan fingerprint density at radius 3 is 2.24 bits per heavy atom. The lowest BCUT2D eigenvalue weighted by atomic mass is 10.0. The number of para-hydroxylation sites is 2. The number of hydrogen-bond donors (Lipinski definition) is 2. The second-order valence-corrected chi connectivity index (χ2v) is 3.74. The van der Waals surface area contributed by atoms with Crippen molar-refractivity contribution in [3.63, 3.8) is 0 Å². The lowest BCUT2D eigenvalue weighted by molar-refractivity contribution is 0.343. The van der Waals surface area contributed by atoms with E-state index in [-0.39, 0.29) is 0 Å². The van der Waals surface area contributed by atoms with E-state index in [0.717, 1.165) is 16.8 Å². The predicted molar refractivity (Wildman–Crippen MR) is 71.9 cm³/mol. The molecule has 0 spiro atoms. The average molecular weight is 228 g/mol. The summed E-state index contributed by atoms with van der Waals surface area (Å²) in [5.74, 6) is 0.702. The first-order chi connectivity index (χ1) is 8.24. The summed E-state index contributed by atoms with van der Waals surface area (Å²) in [6.07, 6.45) is 0. The molecule has 0 aliphatic heterocycles. The summed E-state index contributed by atoms with van der Waals surface area (Å²) in [6.45, 7) is 2.51. The normalized spacial score (nSPS) is 10.2. The van der Waals surface area contributed by atoms with Gasteiger partial charge in [0.15, 0.2) is 0 Å². The Labute approximate surface area is 101 Å². The molecular formula is C14H16N2O. The maximum atomic E-state index is 5.97. The third-order valence-corrected chi connectivity index (χ3v) is 2.59. The van der Waals surface area contributed by atoms with Crippen LogP contribution in [-0.4, -0.2) is 6.61 Å². The summed E-state index contributed by atoms with van der Waals surface area (Å²) in [6, 6.07) is 13.4. The van der Waals surface area contributed by atoms with E-state index in [2.05, 4.69) is 0 Å². The molecule has 2 aromatic rings. The van der Waals surface area contributed by atoms with E-state index in [4.69, 9.17) is 16.2 Å². The molecular weight excluding hydrogens is 212 g/mol. The minimum Gasteiger partial charge on any atom is -0.491 e. The van der Waals surface area contributed by atoms with Gasteiger partial charge in [-0.2, -0.15) is 0 Å². The van der Waals surface area contributed by atoms with Crippen LogP contribution in [0.4, 0.5) is 11.4 Å². The summed E-state index contributed by atoms with van der Waals surface area (Å²) in [5.41, 5.74) is 15.1. The molecule has 88 valence electrons. The molecule has 0 aliphatic carbocycles. The van der Waals surface area contributed by atoms with Crippen molar-refractivity contribution in [1.29, 1.82) is 0 Å². The van der Waals surface area contributed by atoms with Crippen LogP contribution in [-0.2, 0) is 0 Å². The van der Waals surface area contributed by atoms with Gasteiger partial charge in [-0.3, -0.25) is 0 Å². The molecule has 0 saturated carbocycles. The van der Waals surface area contributed by atoms with Crippen molar-refractivity contribution in [1.82, 2.24) is 0 Å². The molecule has 0 atom stereocenters. The van der Waals surface area contributed by atoms with Gasteiger partial charge < -0.3 is 16.2 Å². The highest BCUT2D eigenvalue weighted by atomic mass is 16.5. The van der Waals surface area contributed by atoms with Gasteiger partial charge in [-0.05, 0) is 19.1 Å². The minimum atomic E-state index is 0.577. The number of nitrogen functional groups attached to an aromatic ring is 2. The molecule has 0 radical (unpaired) electrons. The van der Waals surface area contributed by atoms with Gasteiger partial charge in [-0.15, -0.1) is 0 Å². The monoisotopic (exact) mass is 228 g/mol. The second-order valence-electron chi connectivity index (χ2n) is 3.74. The number of hydrogen-bond acceptors (Lipinski definition) is 3. The van der Waals surface area contributed by atoms with Gasteiger partial charge in [0.2, 0.25) is 0 Å². The number of benzene rings is 2. The van der Waals surface area contributed by atoms with Crippen molar-refractivity contribution in [2.75, 3.05) is 18.1 Å². The van der Waals surface area contributed by atoms with E-state index in [0.29, 0.717) is 18.0 Å². The summed E-state index contributed by atoms with van der Waals surface area (Å²) in [7, 11) is 0. The zero-order valence-electron chi connectivity index (χ0n) is 9.81. The van der Waals surface area contributed by atoms with Gasteiger partial charge in [0.25, 0.3) is 0 Å². The molecule has 17 heavy (non-hydrogen) atoms. The Bertz CT molecular complexity index is 523. The summed E-state index contributed by atoms with van der Waals surface area (Å²) in [4.78, 5) is 0. The maximum Gasteiger partial charge on any atom is 0.150 e. The summed E-state index contributed by atoms with van der Waals surface area (Å²) in [5, 5.41) is 0. The highest BCUT2D eigenvalue weighted by Crippen LogP contribution is 2.37. The van der Waals surface area contributed by atoms with Crippen LogP contribution in [0.3, 0.4) is 0 Å². The molecule has 3 heteroatoms. The Kier molecular flexibility index (Phi) is 3.19. The van der Waals surface area contributed by atoms with Crippen LogP contribution in [0.1, 0.15) is 6.92 Å². The fraction of sp³-hybridized carbons (Fsp3) is 0.143. The molecule has 0 bridgehead atoms. The highest BCUT2D eigenvalue weighted by molar-refractivity contribution is 5.84. The van der Waals surface area contributed by atoms with Gasteiger partial charge in [0, 0.05) is 16.8 Å². The van der Waals surface area contributed by atoms with Gasteiger partial charge in [0.05, 0.1) is 12.3 Å². The van der Waals surface area contributed by atoms with E-state index < -0.39 is 0 Å². The second kappa shape index (κ2) is 4.78. The van der Waals surface area contributed by atoms with Crippen LogP contribution >= 0.6 is 0 Å². The van der Waals surface area contributed by atoms with Crippen LogP contribution < -0.4 is 16.2 Å². The minimum absolute atomic E-state index is 0.577. The molecule has 0 aliphatic rings. The Hall–Kier alpha value is -2.16. The molecule has 0 saturated heterocycles. The van der Waals surface area contributed by atoms with Crippen molar-refractivity contribution in [2.24, 2.45) is 0 Å². The van der Waals surface area contributed by atoms with Gasteiger partial charge in [-0.1, -0.05) is 30.3 Å². The van der Waals surface area contributed by atoms with E-state index in [1.54, 1.807) is 0 Å². The Morgan fingerprint density at radius 2 is 1.53 bits per heavy atom. The largest absolute Gasteiger partial charge is 0.491 e. The fourth-order valence-electron chi connectivity index (χ4n) is 1.81. The predicted octanol–water partition coefficient (Wildman–Crippen LogP) is 2.92.